The Hall–Kier alpha value is -0.00338. The Morgan fingerprint density at radius 2 is 1.68 bits per heavy atom. The Morgan fingerprint density at radius 3 is 2.27 bits per heavy atom. The van der Waals surface area contributed by atoms with Crippen molar-refractivity contribution in [1.82, 2.24) is 0 Å². The summed E-state index contributed by atoms with van der Waals surface area (Å²) in [6.45, 7) is 15.3. The molecule has 22 heavy (non-hydrogen) atoms. The van der Waals surface area contributed by atoms with E-state index in [0.717, 1.165) is 0 Å². The maximum absolute atomic E-state index is 7.06. The van der Waals surface area contributed by atoms with Crippen LogP contribution in [-0.4, -0.2) is 29.8 Å². The fourth-order valence-electron chi connectivity index (χ4n) is 4.82. The molecule has 0 radical (unpaired) electrons. The first-order chi connectivity index (χ1) is 10.1. The second-order valence-corrected chi connectivity index (χ2v) is 31.5. The number of allylic oxidation sites excluding steroid dienone is 6. The zero-order chi connectivity index (χ0) is 16.2. The van der Waals surface area contributed by atoms with E-state index in [1.165, 1.54) is 34.8 Å². The van der Waals surface area contributed by atoms with Gasteiger partial charge in [0, 0.05) is 0 Å². The summed E-state index contributed by atoms with van der Waals surface area (Å²) in [5.41, 5.74) is 3.29. The van der Waals surface area contributed by atoms with Gasteiger partial charge in [0.25, 0.3) is 0 Å². The molecule has 0 aromatic rings. The molecule has 0 saturated heterocycles. The van der Waals surface area contributed by atoms with E-state index in [2.05, 4.69) is 57.5 Å². The number of rotatable bonds is 4. The number of hydrogen-bond donors (Lipinski definition) is 0. The fraction of sp³-hybridized carbons (Fsp3) is 0.667. The molecule has 0 fully saturated rings. The molecule has 1 aliphatic heterocycles. The summed E-state index contributed by atoms with van der Waals surface area (Å²) < 4.78 is 7.78. The van der Waals surface area contributed by atoms with E-state index in [0.29, 0.717) is 4.75 Å². The van der Waals surface area contributed by atoms with Crippen LogP contribution in [0.4, 0.5) is 0 Å². The van der Waals surface area contributed by atoms with Gasteiger partial charge in [-0.15, -0.1) is 0 Å². The molecule has 1 atom stereocenters. The standard InChI is InChI=1S/C18H32GeOSi2/c1-21(2,3)13-19(14-22(4,5)6)16-11-7-9-15-10-8-12-17(20-19)18(15)16/h7,9,11,16H,8,10,12-14H2,1-6H3. The molecule has 0 bridgehead atoms. The molecule has 1 heterocycles. The van der Waals surface area contributed by atoms with Crippen LogP contribution >= 0.6 is 0 Å². The average Bonchev–Trinajstić information content (AvgIpc) is 2.61. The van der Waals surface area contributed by atoms with Gasteiger partial charge >= 0.3 is 142 Å². The Morgan fingerprint density at radius 1 is 1.05 bits per heavy atom. The van der Waals surface area contributed by atoms with Crippen molar-refractivity contribution in [2.45, 2.75) is 73.0 Å². The van der Waals surface area contributed by atoms with E-state index in [1.807, 2.05) is 0 Å². The van der Waals surface area contributed by atoms with Gasteiger partial charge < -0.3 is 0 Å². The van der Waals surface area contributed by atoms with Crippen LogP contribution in [0.15, 0.2) is 35.1 Å². The maximum atomic E-state index is 7.06. The van der Waals surface area contributed by atoms with Gasteiger partial charge in [0.15, 0.2) is 0 Å². The molecule has 0 aromatic carbocycles. The van der Waals surface area contributed by atoms with Crippen LogP contribution in [0.3, 0.4) is 0 Å². The summed E-state index contributed by atoms with van der Waals surface area (Å²) in [6.07, 6.45) is 11.1. The molecule has 1 unspecified atom stereocenters. The van der Waals surface area contributed by atoms with Crippen molar-refractivity contribution in [1.29, 1.82) is 0 Å². The molecule has 0 N–H and O–H groups in total. The summed E-state index contributed by atoms with van der Waals surface area (Å²) in [7, 11) is -2.23. The van der Waals surface area contributed by atoms with Gasteiger partial charge in [0.1, 0.15) is 0 Å². The van der Waals surface area contributed by atoms with Crippen LogP contribution in [0.2, 0.25) is 53.8 Å². The summed E-state index contributed by atoms with van der Waals surface area (Å²) in [5.74, 6) is 1.43. The van der Waals surface area contributed by atoms with Crippen molar-refractivity contribution in [2.24, 2.45) is 0 Å². The van der Waals surface area contributed by atoms with Gasteiger partial charge in [-0.2, -0.15) is 0 Å². The quantitative estimate of drug-likeness (QED) is 0.531. The minimum atomic E-state index is -2.36. The summed E-state index contributed by atoms with van der Waals surface area (Å²) in [5, 5.41) is 0. The molecule has 2 aliphatic carbocycles. The van der Waals surface area contributed by atoms with E-state index in [1.54, 1.807) is 11.1 Å². The van der Waals surface area contributed by atoms with Crippen molar-refractivity contribution in [2.75, 3.05) is 0 Å². The molecule has 3 rings (SSSR count). The van der Waals surface area contributed by atoms with Crippen molar-refractivity contribution in [3.63, 3.8) is 0 Å². The van der Waals surface area contributed by atoms with Crippen LogP contribution in [0.25, 0.3) is 0 Å². The summed E-state index contributed by atoms with van der Waals surface area (Å²) >= 11 is -2.36. The SMILES string of the molecule is C[Si](C)(C)[CH2][Ge]1([CH2][Si](C)(C)C)[O]C2=C3C(=CC=C[CH]31)CCC2. The van der Waals surface area contributed by atoms with Crippen molar-refractivity contribution in [3.8, 4) is 0 Å². The zero-order valence-electron chi connectivity index (χ0n) is 15.3. The van der Waals surface area contributed by atoms with E-state index in [4.69, 9.17) is 3.76 Å². The molecule has 122 valence electrons. The molecule has 1 nitrogen and oxygen atoms in total. The Balaban J connectivity index is 2.02. The average molecular weight is 393 g/mol. The predicted octanol–water partition coefficient (Wildman–Crippen LogP) is 6.02. The summed E-state index contributed by atoms with van der Waals surface area (Å²) in [4.78, 5) is 2.96. The van der Waals surface area contributed by atoms with E-state index in [9.17, 15) is 0 Å². The van der Waals surface area contributed by atoms with Gasteiger partial charge in [0.05, 0.1) is 0 Å². The Kier molecular flexibility index (Phi) is 4.23. The molecule has 0 spiro atoms. The Bertz CT molecular complexity index is 545. The first kappa shape index (κ1) is 16.8. The molecular formula is C18H32GeOSi2. The van der Waals surface area contributed by atoms with Gasteiger partial charge in [-0.1, -0.05) is 0 Å². The molecule has 4 heteroatoms. The van der Waals surface area contributed by atoms with Gasteiger partial charge in [-0.3, -0.25) is 0 Å². The predicted molar refractivity (Wildman–Crippen MR) is 105 cm³/mol. The minimum absolute atomic E-state index is 0.716. The Labute approximate surface area is 141 Å². The van der Waals surface area contributed by atoms with Crippen molar-refractivity contribution < 1.29 is 3.76 Å². The van der Waals surface area contributed by atoms with Gasteiger partial charge in [-0.05, 0) is 0 Å². The number of hydrogen-bond acceptors (Lipinski definition) is 1. The molecule has 0 saturated carbocycles. The molecule has 0 aromatic heterocycles. The van der Waals surface area contributed by atoms with Crippen LogP contribution in [0, 0.1) is 0 Å². The third-order valence-electron chi connectivity index (χ3n) is 4.96. The van der Waals surface area contributed by atoms with Crippen LogP contribution in [0.5, 0.6) is 0 Å². The van der Waals surface area contributed by atoms with Gasteiger partial charge in [0.2, 0.25) is 0 Å². The normalized spacial score (nSPS) is 26.6. The first-order valence-electron chi connectivity index (χ1n) is 8.90. The molecule has 3 aliphatic rings. The molecule has 0 amide bonds. The summed E-state index contributed by atoms with van der Waals surface area (Å²) in [6, 6.07) is 0. The van der Waals surface area contributed by atoms with E-state index in [-0.39, 0.29) is 0 Å². The fourth-order valence-corrected chi connectivity index (χ4v) is 42.7. The second kappa shape index (κ2) is 5.52. The second-order valence-electron chi connectivity index (χ2n) is 9.89. The van der Waals surface area contributed by atoms with Crippen LogP contribution in [0.1, 0.15) is 19.3 Å². The monoisotopic (exact) mass is 394 g/mol. The van der Waals surface area contributed by atoms with Crippen molar-refractivity contribution >= 4 is 29.8 Å². The molecular weight excluding hydrogens is 361 g/mol. The topological polar surface area (TPSA) is 9.23 Å². The third-order valence-corrected chi connectivity index (χ3v) is 33.9. The van der Waals surface area contributed by atoms with Crippen molar-refractivity contribution in [3.05, 3.63) is 35.1 Å². The first-order valence-corrected chi connectivity index (χ1v) is 21.3. The zero-order valence-corrected chi connectivity index (χ0v) is 19.4. The van der Waals surface area contributed by atoms with Gasteiger partial charge in [-0.25, -0.2) is 0 Å². The third kappa shape index (κ3) is 3.27. The van der Waals surface area contributed by atoms with Crippen LogP contribution in [-0.2, 0) is 3.76 Å². The van der Waals surface area contributed by atoms with Crippen LogP contribution < -0.4 is 0 Å². The van der Waals surface area contributed by atoms with E-state index < -0.39 is 29.8 Å². The van der Waals surface area contributed by atoms with E-state index >= 15 is 0 Å².